The third kappa shape index (κ3) is 2.17. The van der Waals surface area contributed by atoms with Gasteiger partial charge in [0.25, 0.3) is 0 Å². The van der Waals surface area contributed by atoms with E-state index in [0.29, 0.717) is 11.4 Å². The Morgan fingerprint density at radius 3 is 3.00 bits per heavy atom. The van der Waals surface area contributed by atoms with Crippen LogP contribution in [-0.2, 0) is 16.1 Å². The second-order valence-electron chi connectivity index (χ2n) is 4.15. The largest absolute Gasteiger partial charge is 0.323 e. The van der Waals surface area contributed by atoms with Gasteiger partial charge in [0.15, 0.2) is 0 Å². The number of amides is 2. The van der Waals surface area contributed by atoms with Crippen LogP contribution in [0.2, 0.25) is 0 Å². The number of anilines is 2. The first kappa shape index (κ1) is 11.4. The van der Waals surface area contributed by atoms with E-state index >= 15 is 0 Å². The van der Waals surface area contributed by atoms with Gasteiger partial charge in [-0.25, -0.2) is 4.68 Å². The summed E-state index contributed by atoms with van der Waals surface area (Å²) in [5.74, 6) is -0.404. The van der Waals surface area contributed by atoms with E-state index < -0.39 is 0 Å². The van der Waals surface area contributed by atoms with E-state index in [2.05, 4.69) is 15.6 Å². The second kappa shape index (κ2) is 4.52. The summed E-state index contributed by atoms with van der Waals surface area (Å²) in [6.45, 7) is 0.0756. The molecule has 2 heterocycles. The number of carbonyl (C=O) groups is 2. The summed E-state index contributed by atoms with van der Waals surface area (Å²) in [7, 11) is 0. The number of benzene rings is 1. The van der Waals surface area contributed by atoms with E-state index in [9.17, 15) is 9.59 Å². The summed E-state index contributed by atoms with van der Waals surface area (Å²) in [5.41, 5.74) is 1.35. The van der Waals surface area contributed by atoms with Gasteiger partial charge in [-0.2, -0.15) is 0 Å². The molecule has 7 heteroatoms. The molecule has 7 nitrogen and oxygen atoms in total. The van der Waals surface area contributed by atoms with Gasteiger partial charge in [0.2, 0.25) is 11.8 Å². The van der Waals surface area contributed by atoms with Crippen molar-refractivity contribution < 1.29 is 9.59 Å². The monoisotopic (exact) mass is 257 g/mol. The Labute approximate surface area is 108 Å². The van der Waals surface area contributed by atoms with Crippen LogP contribution in [0.3, 0.4) is 0 Å². The predicted octanol–water partition coefficient (Wildman–Crippen LogP) is 0.263. The number of rotatable bonds is 2. The Balaban J connectivity index is 1.88. The molecular weight excluding hydrogens is 246 g/mol. The van der Waals surface area contributed by atoms with Crippen molar-refractivity contribution >= 4 is 23.2 Å². The molecule has 0 atom stereocenters. The first-order valence-corrected chi connectivity index (χ1v) is 5.77. The number of fused-ring (bicyclic) bond motifs is 1. The molecule has 2 aromatic rings. The summed E-state index contributed by atoms with van der Waals surface area (Å²) in [4.78, 5) is 25.3. The number of hydrogen-bond donors (Lipinski definition) is 1. The van der Waals surface area contributed by atoms with E-state index in [0.717, 1.165) is 0 Å². The number of nitrogens with one attached hydrogen (secondary N) is 1. The van der Waals surface area contributed by atoms with Crippen LogP contribution in [0.25, 0.3) is 0 Å². The van der Waals surface area contributed by atoms with Gasteiger partial charge in [-0.1, -0.05) is 17.3 Å². The minimum atomic E-state index is -0.203. The molecule has 3 rings (SSSR count). The fraction of sp³-hybridized carbons (Fsp3) is 0.167. The lowest BCUT2D eigenvalue weighted by Crippen LogP contribution is -2.43. The standard InChI is InChI=1S/C12H11N5O2/c18-11-7-17(10-4-2-1-3-9(10)14-11)12(19)8-16-6-5-13-15-16/h1-6H,7-8H2,(H,14,18). The number of hydrogen-bond acceptors (Lipinski definition) is 4. The molecule has 96 valence electrons. The van der Waals surface area contributed by atoms with Gasteiger partial charge in [0.1, 0.15) is 13.1 Å². The highest BCUT2D eigenvalue weighted by atomic mass is 16.2. The van der Waals surface area contributed by atoms with Crippen LogP contribution in [-0.4, -0.2) is 33.4 Å². The van der Waals surface area contributed by atoms with Crippen molar-refractivity contribution in [1.82, 2.24) is 15.0 Å². The van der Waals surface area contributed by atoms with Gasteiger partial charge in [0, 0.05) is 6.20 Å². The first-order chi connectivity index (χ1) is 9.24. The Morgan fingerprint density at radius 2 is 2.21 bits per heavy atom. The number of carbonyl (C=O) groups excluding carboxylic acids is 2. The van der Waals surface area contributed by atoms with Crippen LogP contribution in [0.1, 0.15) is 0 Å². The van der Waals surface area contributed by atoms with Gasteiger partial charge in [-0.3, -0.25) is 14.5 Å². The molecule has 0 bridgehead atoms. The molecule has 19 heavy (non-hydrogen) atoms. The fourth-order valence-corrected chi connectivity index (χ4v) is 2.00. The number of aromatic nitrogens is 3. The zero-order valence-electron chi connectivity index (χ0n) is 9.98. The molecule has 1 aromatic heterocycles. The van der Waals surface area contributed by atoms with Crippen molar-refractivity contribution in [3.05, 3.63) is 36.7 Å². The molecule has 0 aliphatic carbocycles. The van der Waals surface area contributed by atoms with E-state index in [-0.39, 0.29) is 24.9 Å². The van der Waals surface area contributed by atoms with Crippen LogP contribution in [0.5, 0.6) is 0 Å². The minimum absolute atomic E-state index is 0.0184. The third-order valence-corrected chi connectivity index (χ3v) is 2.84. The fourth-order valence-electron chi connectivity index (χ4n) is 2.00. The average Bonchev–Trinajstić information content (AvgIpc) is 2.90. The maximum atomic E-state index is 12.2. The second-order valence-corrected chi connectivity index (χ2v) is 4.15. The van der Waals surface area contributed by atoms with Crippen molar-refractivity contribution in [3.8, 4) is 0 Å². The number of para-hydroxylation sites is 2. The Bertz CT molecular complexity index is 623. The van der Waals surface area contributed by atoms with Crippen molar-refractivity contribution in [2.75, 3.05) is 16.8 Å². The maximum Gasteiger partial charge on any atom is 0.249 e. The van der Waals surface area contributed by atoms with Gasteiger partial charge < -0.3 is 5.32 Å². The zero-order chi connectivity index (χ0) is 13.2. The molecule has 0 spiro atoms. The van der Waals surface area contributed by atoms with E-state index in [1.54, 1.807) is 18.3 Å². The zero-order valence-corrected chi connectivity index (χ0v) is 9.98. The molecule has 1 aliphatic rings. The van der Waals surface area contributed by atoms with Gasteiger partial charge in [0.05, 0.1) is 17.6 Å². The van der Waals surface area contributed by atoms with Crippen LogP contribution in [0.15, 0.2) is 36.7 Å². The SMILES string of the molecule is O=C1CN(C(=O)Cn2ccnn2)c2ccccc2N1. The molecule has 2 amide bonds. The highest BCUT2D eigenvalue weighted by molar-refractivity contribution is 6.09. The normalized spacial score (nSPS) is 13.9. The summed E-state index contributed by atoms with van der Waals surface area (Å²) in [6.07, 6.45) is 3.11. The molecule has 1 aliphatic heterocycles. The van der Waals surface area contributed by atoms with E-state index in [1.165, 1.54) is 15.8 Å². The van der Waals surface area contributed by atoms with Crippen molar-refractivity contribution in [2.45, 2.75) is 6.54 Å². The van der Waals surface area contributed by atoms with Crippen LogP contribution in [0.4, 0.5) is 11.4 Å². The summed E-state index contributed by atoms with van der Waals surface area (Å²) < 4.78 is 1.43. The van der Waals surface area contributed by atoms with Crippen LogP contribution >= 0.6 is 0 Å². The highest BCUT2D eigenvalue weighted by Gasteiger charge is 2.26. The lowest BCUT2D eigenvalue weighted by molar-refractivity contribution is -0.122. The van der Waals surface area contributed by atoms with Crippen LogP contribution in [0, 0.1) is 0 Å². The molecular formula is C12H11N5O2. The smallest absolute Gasteiger partial charge is 0.249 e. The Morgan fingerprint density at radius 1 is 1.37 bits per heavy atom. The molecule has 0 radical (unpaired) electrons. The number of nitrogens with zero attached hydrogens (tertiary/aromatic N) is 4. The Kier molecular flexibility index (Phi) is 2.71. The van der Waals surface area contributed by atoms with Crippen LogP contribution < -0.4 is 10.2 Å². The summed E-state index contributed by atoms with van der Waals surface area (Å²) in [5, 5.41) is 10.1. The van der Waals surface area contributed by atoms with Gasteiger partial charge in [-0.15, -0.1) is 5.10 Å². The van der Waals surface area contributed by atoms with Crippen molar-refractivity contribution in [1.29, 1.82) is 0 Å². The molecule has 0 saturated carbocycles. The topological polar surface area (TPSA) is 80.1 Å². The lowest BCUT2D eigenvalue weighted by Gasteiger charge is -2.29. The van der Waals surface area contributed by atoms with Gasteiger partial charge in [-0.05, 0) is 12.1 Å². The molecule has 0 fully saturated rings. The molecule has 1 aromatic carbocycles. The quantitative estimate of drug-likeness (QED) is 0.837. The predicted molar refractivity (Wildman–Crippen MR) is 67.4 cm³/mol. The van der Waals surface area contributed by atoms with Gasteiger partial charge >= 0.3 is 0 Å². The van der Waals surface area contributed by atoms with Crippen molar-refractivity contribution in [3.63, 3.8) is 0 Å². The van der Waals surface area contributed by atoms with E-state index in [4.69, 9.17) is 0 Å². The minimum Gasteiger partial charge on any atom is -0.323 e. The summed E-state index contributed by atoms with van der Waals surface area (Å²) >= 11 is 0. The lowest BCUT2D eigenvalue weighted by atomic mass is 10.2. The first-order valence-electron chi connectivity index (χ1n) is 5.77. The average molecular weight is 257 g/mol. The van der Waals surface area contributed by atoms with Crippen molar-refractivity contribution in [2.24, 2.45) is 0 Å². The molecule has 0 saturated heterocycles. The highest BCUT2D eigenvalue weighted by Crippen LogP contribution is 2.28. The summed E-state index contributed by atoms with van der Waals surface area (Å²) in [6, 6.07) is 7.20. The third-order valence-electron chi connectivity index (χ3n) is 2.84. The Hall–Kier alpha value is -2.70. The maximum absolute atomic E-state index is 12.2. The molecule has 0 unspecified atom stereocenters. The van der Waals surface area contributed by atoms with E-state index in [1.807, 2.05) is 12.1 Å². The molecule has 1 N–H and O–H groups in total.